The lowest BCUT2D eigenvalue weighted by Gasteiger charge is -2.11. The highest BCUT2D eigenvalue weighted by molar-refractivity contribution is 5.36. The number of nitrogens with zero attached hydrogens (tertiary/aromatic N) is 3. The molecule has 0 amide bonds. The molecule has 1 heterocycles. The van der Waals surface area contributed by atoms with Gasteiger partial charge in [0.1, 0.15) is 17.2 Å². The molecule has 1 N–H and O–H groups in total. The molecule has 1 unspecified atom stereocenters. The Morgan fingerprint density at radius 1 is 1.30 bits per heavy atom. The molecule has 0 bridgehead atoms. The van der Waals surface area contributed by atoms with Crippen molar-refractivity contribution in [1.29, 1.82) is 0 Å². The first-order chi connectivity index (χ1) is 9.45. The van der Waals surface area contributed by atoms with E-state index in [1.807, 2.05) is 13.8 Å². The summed E-state index contributed by atoms with van der Waals surface area (Å²) in [5.41, 5.74) is 0.848. The van der Waals surface area contributed by atoms with Crippen LogP contribution in [-0.2, 0) is 0 Å². The van der Waals surface area contributed by atoms with Gasteiger partial charge in [0, 0.05) is 12.1 Å². The summed E-state index contributed by atoms with van der Waals surface area (Å²) >= 11 is 0. The molecule has 0 radical (unpaired) electrons. The van der Waals surface area contributed by atoms with E-state index in [0.717, 1.165) is 17.3 Å². The van der Waals surface area contributed by atoms with Crippen molar-refractivity contribution in [3.05, 3.63) is 41.0 Å². The van der Waals surface area contributed by atoms with Crippen molar-refractivity contribution >= 4 is 0 Å². The molecular formula is C13H15F3N4. The van der Waals surface area contributed by atoms with Crippen LogP contribution in [0.4, 0.5) is 13.2 Å². The normalized spacial score (nSPS) is 12.7. The molecule has 0 aliphatic rings. The van der Waals surface area contributed by atoms with Gasteiger partial charge >= 0.3 is 0 Å². The molecule has 1 aromatic heterocycles. The molecule has 0 aliphatic carbocycles. The van der Waals surface area contributed by atoms with Gasteiger partial charge in [-0.3, -0.25) is 0 Å². The maximum absolute atomic E-state index is 13.8. The highest BCUT2D eigenvalue weighted by atomic mass is 19.2. The van der Waals surface area contributed by atoms with Crippen molar-refractivity contribution in [3.63, 3.8) is 0 Å². The molecule has 2 aromatic rings. The first-order valence-corrected chi connectivity index (χ1v) is 6.26. The molecule has 0 fully saturated rings. The van der Waals surface area contributed by atoms with Crippen LogP contribution in [0.3, 0.4) is 0 Å². The summed E-state index contributed by atoms with van der Waals surface area (Å²) in [6, 6.07) is 1.30. The lowest BCUT2D eigenvalue weighted by Crippen LogP contribution is -2.19. The number of hydrogen-bond donors (Lipinski definition) is 1. The van der Waals surface area contributed by atoms with Crippen molar-refractivity contribution in [3.8, 4) is 5.69 Å². The Bertz CT molecular complexity index is 624. The fraction of sp³-hybridized carbons (Fsp3) is 0.385. The molecule has 2 rings (SSSR count). The first kappa shape index (κ1) is 14.5. The summed E-state index contributed by atoms with van der Waals surface area (Å²) in [4.78, 5) is 0. The molecule has 7 heteroatoms. The Morgan fingerprint density at radius 2 is 2.00 bits per heavy atom. The van der Waals surface area contributed by atoms with Crippen molar-refractivity contribution in [1.82, 2.24) is 20.3 Å². The van der Waals surface area contributed by atoms with Gasteiger partial charge in [0.2, 0.25) is 0 Å². The zero-order valence-electron chi connectivity index (χ0n) is 11.4. The average molecular weight is 284 g/mol. The second-order valence-electron chi connectivity index (χ2n) is 4.47. The smallest absolute Gasteiger partial charge is 0.184 e. The third kappa shape index (κ3) is 2.53. The Morgan fingerprint density at radius 3 is 2.65 bits per heavy atom. The standard InChI is InChI=1S/C13H15F3N4/c1-4-17-7(2)13-8(3)20(19-18-13)11-6-9(14)5-10(15)12(11)16/h5-7,17H,4H2,1-3H3. The second kappa shape index (κ2) is 5.62. The van der Waals surface area contributed by atoms with Crippen LogP contribution in [0.5, 0.6) is 0 Å². The van der Waals surface area contributed by atoms with Gasteiger partial charge < -0.3 is 5.32 Å². The molecule has 0 spiro atoms. The fourth-order valence-corrected chi connectivity index (χ4v) is 2.07. The van der Waals surface area contributed by atoms with E-state index in [-0.39, 0.29) is 11.7 Å². The molecule has 108 valence electrons. The minimum Gasteiger partial charge on any atom is -0.309 e. The molecular weight excluding hydrogens is 269 g/mol. The van der Waals surface area contributed by atoms with Crippen LogP contribution in [0.1, 0.15) is 31.3 Å². The van der Waals surface area contributed by atoms with Gasteiger partial charge in [-0.1, -0.05) is 12.1 Å². The quantitative estimate of drug-likeness (QED) is 0.878. The molecule has 4 nitrogen and oxygen atoms in total. The Labute approximate surface area is 114 Å². The molecule has 20 heavy (non-hydrogen) atoms. The SMILES string of the molecule is CCNC(C)c1nnn(-c2cc(F)cc(F)c2F)c1C. The van der Waals surface area contributed by atoms with E-state index in [4.69, 9.17) is 0 Å². The maximum Gasteiger partial charge on any atom is 0.184 e. The summed E-state index contributed by atoms with van der Waals surface area (Å²) in [5.74, 6) is -3.27. The summed E-state index contributed by atoms with van der Waals surface area (Å²) < 4.78 is 41.3. The van der Waals surface area contributed by atoms with E-state index in [9.17, 15) is 13.2 Å². The molecule has 1 atom stereocenters. The minimum absolute atomic E-state index is 0.0878. The Hall–Kier alpha value is -1.89. The van der Waals surface area contributed by atoms with Gasteiger partial charge in [0.25, 0.3) is 0 Å². The lowest BCUT2D eigenvalue weighted by atomic mass is 10.2. The van der Waals surface area contributed by atoms with E-state index in [1.54, 1.807) is 6.92 Å². The fourth-order valence-electron chi connectivity index (χ4n) is 2.07. The maximum atomic E-state index is 13.8. The van der Waals surface area contributed by atoms with Crippen LogP contribution in [-0.4, -0.2) is 21.5 Å². The number of rotatable bonds is 4. The van der Waals surface area contributed by atoms with Crippen LogP contribution < -0.4 is 5.32 Å². The summed E-state index contributed by atoms with van der Waals surface area (Å²) in [7, 11) is 0. The van der Waals surface area contributed by atoms with Gasteiger partial charge in [-0.05, 0) is 20.4 Å². The van der Waals surface area contributed by atoms with Crippen LogP contribution in [0.15, 0.2) is 12.1 Å². The lowest BCUT2D eigenvalue weighted by molar-refractivity contribution is 0.486. The molecule has 0 saturated carbocycles. The summed E-state index contributed by atoms with van der Waals surface area (Å²) in [6.07, 6.45) is 0. The minimum atomic E-state index is -1.25. The van der Waals surface area contributed by atoms with E-state index < -0.39 is 17.5 Å². The summed E-state index contributed by atoms with van der Waals surface area (Å²) in [5, 5.41) is 10.9. The number of aromatic nitrogens is 3. The number of benzene rings is 1. The Kier molecular flexibility index (Phi) is 4.08. The van der Waals surface area contributed by atoms with Gasteiger partial charge in [0.05, 0.1) is 11.7 Å². The predicted octanol–water partition coefficient (Wildman–Crippen LogP) is 2.66. The molecule has 0 saturated heterocycles. The van der Waals surface area contributed by atoms with Crippen LogP contribution >= 0.6 is 0 Å². The average Bonchev–Trinajstić information content (AvgIpc) is 2.76. The van der Waals surface area contributed by atoms with Gasteiger partial charge in [-0.15, -0.1) is 5.10 Å². The van der Waals surface area contributed by atoms with Crippen LogP contribution in [0.2, 0.25) is 0 Å². The van der Waals surface area contributed by atoms with Gasteiger partial charge in [0.15, 0.2) is 11.6 Å². The second-order valence-corrected chi connectivity index (χ2v) is 4.47. The van der Waals surface area contributed by atoms with E-state index in [0.29, 0.717) is 17.5 Å². The highest BCUT2D eigenvalue weighted by Crippen LogP contribution is 2.22. The van der Waals surface area contributed by atoms with Gasteiger partial charge in [-0.2, -0.15) is 0 Å². The largest absolute Gasteiger partial charge is 0.309 e. The highest BCUT2D eigenvalue weighted by Gasteiger charge is 2.19. The Balaban J connectivity index is 2.50. The van der Waals surface area contributed by atoms with Crippen molar-refractivity contribution < 1.29 is 13.2 Å². The third-order valence-electron chi connectivity index (χ3n) is 3.05. The summed E-state index contributed by atoms with van der Waals surface area (Å²) in [6.45, 7) is 6.23. The number of nitrogens with one attached hydrogen (secondary N) is 1. The van der Waals surface area contributed by atoms with Crippen molar-refractivity contribution in [2.24, 2.45) is 0 Å². The molecule has 1 aromatic carbocycles. The first-order valence-electron chi connectivity index (χ1n) is 6.26. The number of hydrogen-bond acceptors (Lipinski definition) is 3. The van der Waals surface area contributed by atoms with Gasteiger partial charge in [-0.25, -0.2) is 17.9 Å². The monoisotopic (exact) mass is 284 g/mol. The number of halogens is 3. The van der Waals surface area contributed by atoms with Crippen LogP contribution in [0.25, 0.3) is 5.69 Å². The molecule has 0 aliphatic heterocycles. The van der Waals surface area contributed by atoms with Crippen LogP contribution in [0, 0.1) is 24.4 Å². The third-order valence-corrected chi connectivity index (χ3v) is 3.05. The van der Waals surface area contributed by atoms with Crippen molar-refractivity contribution in [2.45, 2.75) is 26.8 Å². The zero-order valence-corrected chi connectivity index (χ0v) is 11.4. The predicted molar refractivity (Wildman–Crippen MR) is 68.1 cm³/mol. The van der Waals surface area contributed by atoms with E-state index in [2.05, 4.69) is 15.6 Å². The topological polar surface area (TPSA) is 42.7 Å². The van der Waals surface area contributed by atoms with Crippen molar-refractivity contribution in [2.75, 3.05) is 6.54 Å². The zero-order chi connectivity index (χ0) is 14.9. The van der Waals surface area contributed by atoms with E-state index >= 15 is 0 Å². The van der Waals surface area contributed by atoms with E-state index in [1.165, 1.54) is 0 Å².